The third kappa shape index (κ3) is 2.72. The number of halogens is 1. The molecule has 2 bridgehead atoms. The molecule has 2 unspecified atom stereocenters. The van der Waals surface area contributed by atoms with Crippen molar-refractivity contribution in [1.82, 2.24) is 19.9 Å². The van der Waals surface area contributed by atoms with Crippen molar-refractivity contribution in [2.75, 3.05) is 29.9 Å². The van der Waals surface area contributed by atoms with Crippen molar-refractivity contribution in [3.63, 3.8) is 0 Å². The van der Waals surface area contributed by atoms with Gasteiger partial charge in [-0.25, -0.2) is 19.3 Å². The molecule has 2 aliphatic rings. The van der Waals surface area contributed by atoms with Crippen LogP contribution < -0.4 is 10.2 Å². The van der Waals surface area contributed by atoms with E-state index in [2.05, 4.69) is 43.1 Å². The Morgan fingerprint density at radius 3 is 2.57 bits per heavy atom. The number of likely N-dealkylation sites (tertiary alicyclic amines) is 1. The third-order valence-corrected chi connectivity index (χ3v) is 4.70. The quantitative estimate of drug-likeness (QED) is 0.932. The standard InChI is InChI=1S/C16H19FN6/c1-2-22-9-14-5-13(22)10-23(14)12-3-4-15(18-8-12)21-16-19-6-11(17)7-20-16/h3-4,6-8,13-14H,2,5,9-10H2,1H3,(H,18,19,20,21). The number of hydrogen-bond acceptors (Lipinski definition) is 6. The molecule has 23 heavy (non-hydrogen) atoms. The molecule has 2 aromatic rings. The van der Waals surface area contributed by atoms with Gasteiger partial charge in [0.05, 0.1) is 24.3 Å². The number of nitrogens with one attached hydrogen (secondary N) is 1. The maximum atomic E-state index is 12.8. The molecule has 0 aromatic carbocycles. The van der Waals surface area contributed by atoms with Gasteiger partial charge in [-0.1, -0.05) is 6.92 Å². The summed E-state index contributed by atoms with van der Waals surface area (Å²) in [6.45, 7) is 5.58. The topological polar surface area (TPSA) is 57.2 Å². The van der Waals surface area contributed by atoms with Crippen LogP contribution in [0.25, 0.3) is 0 Å². The minimum Gasteiger partial charge on any atom is -0.364 e. The van der Waals surface area contributed by atoms with Gasteiger partial charge in [0.25, 0.3) is 0 Å². The molecular weight excluding hydrogens is 295 g/mol. The largest absolute Gasteiger partial charge is 0.364 e. The summed E-state index contributed by atoms with van der Waals surface area (Å²) < 4.78 is 12.8. The molecular formula is C16H19FN6. The van der Waals surface area contributed by atoms with Crippen molar-refractivity contribution in [1.29, 1.82) is 0 Å². The van der Waals surface area contributed by atoms with Crippen molar-refractivity contribution >= 4 is 17.5 Å². The van der Waals surface area contributed by atoms with Crippen molar-refractivity contribution in [2.24, 2.45) is 0 Å². The summed E-state index contributed by atoms with van der Waals surface area (Å²) in [6.07, 6.45) is 5.38. The van der Waals surface area contributed by atoms with Gasteiger partial charge in [0.2, 0.25) is 5.95 Å². The summed E-state index contributed by atoms with van der Waals surface area (Å²) in [5.74, 6) is 0.537. The van der Waals surface area contributed by atoms with Gasteiger partial charge in [-0.2, -0.15) is 0 Å². The highest BCUT2D eigenvalue weighted by Crippen LogP contribution is 2.34. The molecule has 4 rings (SSSR count). The van der Waals surface area contributed by atoms with Crippen LogP contribution in [0.1, 0.15) is 13.3 Å². The van der Waals surface area contributed by atoms with E-state index in [1.54, 1.807) is 0 Å². The second-order valence-corrected chi connectivity index (χ2v) is 6.03. The zero-order valence-electron chi connectivity index (χ0n) is 13.0. The molecule has 0 amide bonds. The lowest BCUT2D eigenvalue weighted by atomic mass is 10.2. The van der Waals surface area contributed by atoms with E-state index in [1.165, 1.54) is 6.42 Å². The van der Waals surface area contributed by atoms with Crippen LogP contribution in [0.3, 0.4) is 0 Å². The molecule has 0 saturated carbocycles. The van der Waals surface area contributed by atoms with E-state index in [0.29, 0.717) is 23.8 Å². The van der Waals surface area contributed by atoms with E-state index >= 15 is 0 Å². The third-order valence-electron chi connectivity index (χ3n) is 4.70. The lowest BCUT2D eigenvalue weighted by molar-refractivity contribution is 0.251. The second-order valence-electron chi connectivity index (χ2n) is 6.03. The number of pyridine rings is 1. The number of hydrogen-bond donors (Lipinski definition) is 1. The van der Waals surface area contributed by atoms with Crippen molar-refractivity contribution in [3.05, 3.63) is 36.5 Å². The smallest absolute Gasteiger partial charge is 0.228 e. The molecule has 2 aliphatic heterocycles. The highest BCUT2D eigenvalue weighted by molar-refractivity contribution is 5.55. The second kappa shape index (κ2) is 5.73. The maximum absolute atomic E-state index is 12.8. The van der Waals surface area contributed by atoms with Gasteiger partial charge in [0.15, 0.2) is 5.82 Å². The first-order valence-electron chi connectivity index (χ1n) is 7.94. The highest BCUT2D eigenvalue weighted by Gasteiger charge is 2.42. The fourth-order valence-electron chi connectivity index (χ4n) is 3.57. The van der Waals surface area contributed by atoms with Gasteiger partial charge in [0.1, 0.15) is 5.82 Å². The van der Waals surface area contributed by atoms with E-state index in [1.807, 2.05) is 12.3 Å². The van der Waals surface area contributed by atoms with Crippen LogP contribution in [0.2, 0.25) is 0 Å². The molecule has 2 saturated heterocycles. The van der Waals surface area contributed by atoms with E-state index in [9.17, 15) is 4.39 Å². The number of fused-ring (bicyclic) bond motifs is 2. The van der Waals surface area contributed by atoms with Gasteiger partial charge in [-0.05, 0) is 25.1 Å². The predicted molar refractivity (Wildman–Crippen MR) is 86.3 cm³/mol. The maximum Gasteiger partial charge on any atom is 0.228 e. The first kappa shape index (κ1) is 14.3. The fraction of sp³-hybridized carbons (Fsp3) is 0.438. The van der Waals surface area contributed by atoms with Crippen molar-refractivity contribution < 1.29 is 4.39 Å². The predicted octanol–water partition coefficient (Wildman–Crippen LogP) is 2.04. The Hall–Kier alpha value is -2.28. The number of rotatable bonds is 4. The molecule has 2 atom stereocenters. The first-order valence-corrected chi connectivity index (χ1v) is 7.94. The Morgan fingerprint density at radius 1 is 1.13 bits per heavy atom. The van der Waals surface area contributed by atoms with E-state index in [0.717, 1.165) is 37.7 Å². The van der Waals surface area contributed by atoms with Gasteiger partial charge in [0, 0.05) is 25.2 Å². The molecule has 120 valence electrons. The molecule has 6 nitrogen and oxygen atoms in total. The zero-order valence-corrected chi connectivity index (χ0v) is 13.0. The van der Waals surface area contributed by atoms with Crippen LogP contribution in [0.5, 0.6) is 0 Å². The molecule has 1 N–H and O–H groups in total. The lowest BCUT2D eigenvalue weighted by Gasteiger charge is -2.34. The molecule has 2 fully saturated rings. The average molecular weight is 314 g/mol. The number of likely N-dealkylation sites (N-methyl/N-ethyl adjacent to an activating group) is 1. The van der Waals surface area contributed by atoms with Crippen molar-refractivity contribution in [3.8, 4) is 0 Å². The molecule has 4 heterocycles. The monoisotopic (exact) mass is 314 g/mol. The van der Waals surface area contributed by atoms with Crippen LogP contribution in [0.15, 0.2) is 30.7 Å². The van der Waals surface area contributed by atoms with Gasteiger partial charge in [-0.3, -0.25) is 4.90 Å². The SMILES string of the molecule is CCN1CC2CC1CN2c1ccc(Nc2ncc(F)cn2)nc1. The summed E-state index contributed by atoms with van der Waals surface area (Å²) in [5.41, 5.74) is 1.15. The van der Waals surface area contributed by atoms with Crippen LogP contribution in [0.4, 0.5) is 21.8 Å². The van der Waals surface area contributed by atoms with Crippen LogP contribution in [-0.2, 0) is 0 Å². The molecule has 0 aliphatic carbocycles. The number of anilines is 3. The summed E-state index contributed by atoms with van der Waals surface area (Å²) in [7, 11) is 0. The Balaban J connectivity index is 1.44. The number of aromatic nitrogens is 3. The molecule has 0 spiro atoms. The Kier molecular flexibility index (Phi) is 3.57. The Labute approximate surface area is 134 Å². The van der Waals surface area contributed by atoms with Crippen LogP contribution in [0, 0.1) is 5.82 Å². The van der Waals surface area contributed by atoms with Gasteiger partial charge in [-0.15, -0.1) is 0 Å². The van der Waals surface area contributed by atoms with Crippen LogP contribution >= 0.6 is 0 Å². The number of nitrogens with zero attached hydrogens (tertiary/aromatic N) is 5. The molecule has 7 heteroatoms. The molecule has 0 radical (unpaired) electrons. The number of piperazine rings is 1. The Bertz CT molecular complexity index is 674. The lowest BCUT2D eigenvalue weighted by Crippen LogP contribution is -2.46. The summed E-state index contributed by atoms with van der Waals surface area (Å²) >= 11 is 0. The van der Waals surface area contributed by atoms with E-state index < -0.39 is 5.82 Å². The highest BCUT2D eigenvalue weighted by atomic mass is 19.1. The summed E-state index contributed by atoms with van der Waals surface area (Å²) in [5, 5.41) is 2.97. The van der Waals surface area contributed by atoms with Gasteiger partial charge >= 0.3 is 0 Å². The van der Waals surface area contributed by atoms with Gasteiger partial charge < -0.3 is 10.2 Å². The average Bonchev–Trinajstić information content (AvgIpc) is 3.18. The molecule has 2 aromatic heterocycles. The minimum atomic E-state index is -0.455. The summed E-state index contributed by atoms with van der Waals surface area (Å²) in [6, 6.07) is 5.25. The minimum absolute atomic E-state index is 0.338. The van der Waals surface area contributed by atoms with E-state index in [-0.39, 0.29) is 0 Å². The normalized spacial score (nSPS) is 23.5. The van der Waals surface area contributed by atoms with Crippen molar-refractivity contribution in [2.45, 2.75) is 25.4 Å². The zero-order chi connectivity index (χ0) is 15.8. The Morgan fingerprint density at radius 2 is 1.96 bits per heavy atom. The van der Waals surface area contributed by atoms with E-state index in [4.69, 9.17) is 0 Å². The summed E-state index contributed by atoms with van der Waals surface area (Å²) in [4.78, 5) is 17.2. The fourth-order valence-corrected chi connectivity index (χ4v) is 3.57. The first-order chi connectivity index (χ1) is 11.2. The van der Waals surface area contributed by atoms with Crippen LogP contribution in [-0.4, -0.2) is 51.6 Å².